The minimum atomic E-state index is 0.385. The van der Waals surface area contributed by atoms with Crippen molar-refractivity contribution in [1.82, 2.24) is 24.3 Å². The highest BCUT2D eigenvalue weighted by Gasteiger charge is 2.11. The van der Waals surface area contributed by atoms with Crippen LogP contribution in [0.5, 0.6) is 0 Å². The number of fused-ring (bicyclic) bond motifs is 1. The summed E-state index contributed by atoms with van der Waals surface area (Å²) in [6.07, 6.45) is 6.49. The summed E-state index contributed by atoms with van der Waals surface area (Å²) in [7, 11) is 0. The molecule has 3 heterocycles. The van der Waals surface area contributed by atoms with E-state index in [9.17, 15) is 0 Å². The summed E-state index contributed by atoms with van der Waals surface area (Å²) < 4.78 is 4.93. The van der Waals surface area contributed by atoms with E-state index < -0.39 is 0 Å². The van der Waals surface area contributed by atoms with E-state index in [2.05, 4.69) is 35.6 Å². The van der Waals surface area contributed by atoms with Crippen LogP contribution in [0.2, 0.25) is 0 Å². The van der Waals surface area contributed by atoms with Crippen LogP contribution in [0.25, 0.3) is 11.2 Å². The van der Waals surface area contributed by atoms with Crippen molar-refractivity contribution in [2.75, 3.05) is 0 Å². The first-order chi connectivity index (χ1) is 9.78. The molecule has 0 saturated heterocycles. The van der Waals surface area contributed by atoms with Crippen molar-refractivity contribution in [2.45, 2.75) is 25.4 Å². The maximum Gasteiger partial charge on any atom is 0.160 e. The molecule has 0 N–H and O–H groups in total. The molecule has 104 valence electrons. The van der Waals surface area contributed by atoms with Gasteiger partial charge in [0.15, 0.2) is 5.65 Å². The maximum absolute atomic E-state index is 5.98. The van der Waals surface area contributed by atoms with E-state index in [0.717, 1.165) is 41.0 Å². The van der Waals surface area contributed by atoms with E-state index in [0.29, 0.717) is 5.88 Å². The van der Waals surface area contributed by atoms with Gasteiger partial charge in [-0.15, -0.1) is 11.6 Å². The summed E-state index contributed by atoms with van der Waals surface area (Å²) >= 11 is 9.39. The number of alkyl halides is 1. The normalized spacial score (nSPS) is 11.3. The van der Waals surface area contributed by atoms with Gasteiger partial charge in [0.05, 0.1) is 5.88 Å². The molecular weight excluding hydrogens is 342 g/mol. The van der Waals surface area contributed by atoms with Crippen molar-refractivity contribution in [3.63, 3.8) is 0 Å². The number of pyridine rings is 1. The number of hydrogen-bond donors (Lipinski definition) is 0. The second-order valence-electron chi connectivity index (χ2n) is 4.43. The van der Waals surface area contributed by atoms with Crippen LogP contribution in [0, 0.1) is 0 Å². The zero-order valence-corrected chi connectivity index (χ0v) is 13.0. The molecule has 20 heavy (non-hydrogen) atoms. The van der Waals surface area contributed by atoms with E-state index in [4.69, 9.17) is 11.6 Å². The predicted molar refractivity (Wildman–Crippen MR) is 81.6 cm³/mol. The number of halogens is 2. The largest absolute Gasteiger partial charge is 0.312 e. The van der Waals surface area contributed by atoms with E-state index in [1.165, 1.54) is 0 Å². The first kappa shape index (κ1) is 13.6. The van der Waals surface area contributed by atoms with Gasteiger partial charge in [-0.2, -0.15) is 5.10 Å². The number of aryl methyl sites for hydroxylation is 2. The predicted octanol–water partition coefficient (Wildman–Crippen LogP) is 3.22. The van der Waals surface area contributed by atoms with Crippen LogP contribution in [-0.2, 0) is 19.0 Å². The second-order valence-corrected chi connectivity index (χ2v) is 5.62. The van der Waals surface area contributed by atoms with Gasteiger partial charge in [0.25, 0.3) is 0 Å². The summed E-state index contributed by atoms with van der Waals surface area (Å²) in [5, 5.41) is 4.20. The minimum absolute atomic E-state index is 0.385. The Morgan fingerprint density at radius 3 is 2.95 bits per heavy atom. The molecule has 0 radical (unpaired) electrons. The van der Waals surface area contributed by atoms with Crippen LogP contribution in [0.4, 0.5) is 0 Å². The highest BCUT2D eigenvalue weighted by Crippen LogP contribution is 2.19. The van der Waals surface area contributed by atoms with E-state index >= 15 is 0 Å². The Morgan fingerprint density at radius 1 is 1.30 bits per heavy atom. The minimum Gasteiger partial charge on any atom is -0.312 e. The Morgan fingerprint density at radius 2 is 2.20 bits per heavy atom. The molecule has 0 fully saturated rings. The van der Waals surface area contributed by atoms with Gasteiger partial charge in [0.1, 0.15) is 11.3 Å². The van der Waals surface area contributed by atoms with Crippen molar-refractivity contribution in [3.8, 4) is 0 Å². The van der Waals surface area contributed by atoms with Gasteiger partial charge in [-0.1, -0.05) is 0 Å². The molecule has 3 rings (SSSR count). The van der Waals surface area contributed by atoms with E-state index in [1.54, 1.807) is 12.4 Å². The molecule has 0 aliphatic heterocycles. The molecule has 0 aliphatic carbocycles. The Kier molecular flexibility index (Phi) is 4.03. The van der Waals surface area contributed by atoms with Crippen molar-refractivity contribution in [3.05, 3.63) is 41.0 Å². The number of hydrogen-bond acceptors (Lipinski definition) is 3. The maximum atomic E-state index is 5.98. The average molecular weight is 355 g/mol. The zero-order chi connectivity index (χ0) is 13.9. The van der Waals surface area contributed by atoms with E-state index in [-0.39, 0.29) is 0 Å². The van der Waals surface area contributed by atoms with Crippen LogP contribution in [0.3, 0.4) is 0 Å². The van der Waals surface area contributed by atoms with Crippen molar-refractivity contribution in [1.29, 1.82) is 0 Å². The van der Waals surface area contributed by atoms with Crippen molar-refractivity contribution >= 4 is 38.7 Å². The smallest absolute Gasteiger partial charge is 0.160 e. The molecule has 0 saturated carbocycles. The first-order valence-corrected chi connectivity index (χ1v) is 7.65. The van der Waals surface area contributed by atoms with Gasteiger partial charge >= 0.3 is 0 Å². The third-order valence-corrected chi connectivity index (χ3v) is 3.75. The van der Waals surface area contributed by atoms with Crippen LogP contribution >= 0.6 is 27.5 Å². The summed E-state index contributed by atoms with van der Waals surface area (Å²) in [5.41, 5.74) is 1.75. The summed E-state index contributed by atoms with van der Waals surface area (Å²) in [5.74, 6) is 1.24. The summed E-state index contributed by atoms with van der Waals surface area (Å²) in [4.78, 5) is 8.96. The molecule has 3 aromatic rings. The third kappa shape index (κ3) is 2.71. The molecule has 0 spiro atoms. The van der Waals surface area contributed by atoms with Gasteiger partial charge in [-0.3, -0.25) is 4.68 Å². The molecule has 5 nitrogen and oxygen atoms in total. The molecule has 0 unspecified atom stereocenters. The Balaban J connectivity index is 1.82. The topological polar surface area (TPSA) is 48.5 Å². The fourth-order valence-electron chi connectivity index (χ4n) is 2.19. The Bertz CT molecular complexity index is 707. The lowest BCUT2D eigenvalue weighted by Gasteiger charge is -2.07. The Labute approximate surface area is 129 Å². The second kappa shape index (κ2) is 5.93. The summed E-state index contributed by atoms with van der Waals surface area (Å²) in [6, 6.07) is 3.89. The van der Waals surface area contributed by atoms with Gasteiger partial charge in [-0.25, -0.2) is 9.97 Å². The van der Waals surface area contributed by atoms with Gasteiger partial charge in [0, 0.05) is 36.2 Å². The quantitative estimate of drug-likeness (QED) is 0.661. The van der Waals surface area contributed by atoms with Crippen LogP contribution in [0.15, 0.2) is 35.2 Å². The lowest BCUT2D eigenvalue weighted by atomic mass is 10.4. The van der Waals surface area contributed by atoms with Crippen molar-refractivity contribution < 1.29 is 0 Å². The first-order valence-electron chi connectivity index (χ1n) is 6.32. The van der Waals surface area contributed by atoms with Crippen LogP contribution < -0.4 is 0 Å². The van der Waals surface area contributed by atoms with Gasteiger partial charge in [0.2, 0.25) is 0 Å². The molecule has 0 aromatic carbocycles. The highest BCUT2D eigenvalue weighted by molar-refractivity contribution is 9.10. The number of nitrogens with zero attached hydrogens (tertiary/aromatic N) is 5. The average Bonchev–Trinajstić information content (AvgIpc) is 3.06. The fourth-order valence-corrected chi connectivity index (χ4v) is 2.72. The van der Waals surface area contributed by atoms with E-state index in [1.807, 2.05) is 23.0 Å². The zero-order valence-electron chi connectivity index (χ0n) is 10.7. The SMILES string of the molecule is ClCc1nc2cc(Br)cnc2n1CCCn1cccn1. The van der Waals surface area contributed by atoms with Gasteiger partial charge in [-0.05, 0) is 34.5 Å². The number of aromatic nitrogens is 5. The standard InChI is InChI=1S/C13H13BrClN5/c14-10-7-11-13(16-9-10)20(12(8-15)18-11)6-2-5-19-4-1-3-17-19/h1,3-4,7,9H,2,5-6,8H2. The summed E-state index contributed by atoms with van der Waals surface area (Å²) in [6.45, 7) is 1.69. The number of rotatable bonds is 5. The monoisotopic (exact) mass is 353 g/mol. The molecule has 7 heteroatoms. The molecule has 0 amide bonds. The number of imidazole rings is 1. The molecule has 0 bridgehead atoms. The fraction of sp³-hybridized carbons (Fsp3) is 0.308. The molecule has 0 atom stereocenters. The molecule has 3 aromatic heterocycles. The molecule has 0 aliphatic rings. The van der Waals surface area contributed by atoms with Crippen LogP contribution in [0.1, 0.15) is 12.2 Å². The molecular formula is C13H13BrClN5. The van der Waals surface area contributed by atoms with Crippen LogP contribution in [-0.4, -0.2) is 24.3 Å². The van der Waals surface area contributed by atoms with Crippen molar-refractivity contribution in [2.24, 2.45) is 0 Å². The third-order valence-electron chi connectivity index (χ3n) is 3.08. The lowest BCUT2D eigenvalue weighted by Crippen LogP contribution is -2.07. The Hall–Kier alpha value is -1.40. The lowest BCUT2D eigenvalue weighted by molar-refractivity contribution is 0.525. The van der Waals surface area contributed by atoms with Gasteiger partial charge < -0.3 is 4.57 Å². The highest BCUT2D eigenvalue weighted by atomic mass is 79.9.